The molecule has 0 aliphatic carbocycles. The lowest BCUT2D eigenvalue weighted by Crippen LogP contribution is -2.24. The second-order valence-corrected chi connectivity index (χ2v) is 6.41. The number of anilines is 1. The molecule has 2 aromatic heterocycles. The molecule has 7 heteroatoms. The summed E-state index contributed by atoms with van der Waals surface area (Å²) in [7, 11) is 0. The molecule has 0 radical (unpaired) electrons. The number of rotatable bonds is 4. The monoisotopic (exact) mass is 324 g/mol. The van der Waals surface area contributed by atoms with Crippen LogP contribution in [0.5, 0.6) is 0 Å². The number of nitrogens with zero attached hydrogens (tertiary/aromatic N) is 4. The highest BCUT2D eigenvalue weighted by molar-refractivity contribution is 5.34. The van der Waals surface area contributed by atoms with Crippen LogP contribution in [-0.4, -0.2) is 37.6 Å². The zero-order valence-corrected chi connectivity index (χ0v) is 13.4. The molecule has 1 atom stereocenters. The summed E-state index contributed by atoms with van der Waals surface area (Å²) in [4.78, 5) is 22.9. The number of aromatic nitrogens is 4. The number of fused-ring (bicyclic) bond motifs is 1. The number of aromatic amines is 1. The number of benzene rings is 1. The fraction of sp³-hybridized carbons (Fsp3) is 0.353. The van der Waals surface area contributed by atoms with Gasteiger partial charge in [-0.3, -0.25) is 14.8 Å². The Bertz CT molecular complexity index is 900. The number of hydrogen-bond acceptors (Lipinski definition) is 5. The van der Waals surface area contributed by atoms with Gasteiger partial charge in [-0.2, -0.15) is 9.50 Å². The first-order valence-electron chi connectivity index (χ1n) is 8.18. The van der Waals surface area contributed by atoms with Crippen molar-refractivity contribution in [3.8, 4) is 0 Å². The van der Waals surface area contributed by atoms with Gasteiger partial charge in [-0.1, -0.05) is 30.3 Å². The number of nitrogen functional groups attached to an aromatic ring is 1. The van der Waals surface area contributed by atoms with Gasteiger partial charge in [0.05, 0.1) is 5.69 Å². The van der Waals surface area contributed by atoms with E-state index in [0.717, 1.165) is 25.2 Å². The largest absolute Gasteiger partial charge is 0.368 e. The molecule has 0 spiro atoms. The lowest BCUT2D eigenvalue weighted by Gasteiger charge is -2.15. The predicted octanol–water partition coefficient (Wildman–Crippen LogP) is 1.06. The highest BCUT2D eigenvalue weighted by Crippen LogP contribution is 2.22. The number of nitrogens with one attached hydrogen (secondary N) is 1. The minimum absolute atomic E-state index is 0.181. The molecule has 1 aliphatic heterocycles. The molecule has 1 unspecified atom stereocenters. The third kappa shape index (κ3) is 3.03. The van der Waals surface area contributed by atoms with E-state index in [2.05, 4.69) is 44.2 Å². The van der Waals surface area contributed by atoms with Gasteiger partial charge < -0.3 is 5.73 Å². The number of likely N-dealkylation sites (tertiary alicyclic amines) is 1. The normalized spacial score (nSPS) is 18.4. The first-order chi connectivity index (χ1) is 11.7. The summed E-state index contributed by atoms with van der Waals surface area (Å²) >= 11 is 0. The molecule has 3 aromatic rings. The van der Waals surface area contributed by atoms with E-state index < -0.39 is 0 Å². The smallest absolute Gasteiger partial charge is 0.274 e. The fourth-order valence-corrected chi connectivity index (χ4v) is 3.42. The molecule has 7 nitrogen and oxygen atoms in total. The van der Waals surface area contributed by atoms with E-state index in [1.807, 2.05) is 6.07 Å². The summed E-state index contributed by atoms with van der Waals surface area (Å²) in [5.74, 6) is 1.18. The maximum atomic E-state index is 12.1. The van der Waals surface area contributed by atoms with Crippen LogP contribution in [0.25, 0.3) is 5.78 Å². The van der Waals surface area contributed by atoms with Gasteiger partial charge in [-0.15, -0.1) is 0 Å². The van der Waals surface area contributed by atoms with Gasteiger partial charge in [0.25, 0.3) is 11.3 Å². The van der Waals surface area contributed by atoms with Gasteiger partial charge in [0.2, 0.25) is 5.95 Å². The minimum Gasteiger partial charge on any atom is -0.368 e. The average Bonchev–Trinajstić information content (AvgIpc) is 3.14. The SMILES string of the molecule is Nc1nc2nc(CN3CCC(Cc4ccccc4)C3)cc(=O)n2[nH]1. The molecule has 3 N–H and O–H groups in total. The molecule has 0 amide bonds. The van der Waals surface area contributed by atoms with E-state index in [1.54, 1.807) is 6.07 Å². The van der Waals surface area contributed by atoms with Crippen molar-refractivity contribution >= 4 is 11.7 Å². The maximum absolute atomic E-state index is 12.1. The predicted molar refractivity (Wildman–Crippen MR) is 91.6 cm³/mol. The summed E-state index contributed by atoms with van der Waals surface area (Å²) < 4.78 is 1.26. The zero-order chi connectivity index (χ0) is 16.5. The summed E-state index contributed by atoms with van der Waals surface area (Å²) in [6.07, 6.45) is 2.27. The Labute approximate surface area is 139 Å². The minimum atomic E-state index is -0.181. The first-order valence-corrected chi connectivity index (χ1v) is 8.18. The van der Waals surface area contributed by atoms with Crippen molar-refractivity contribution in [3.05, 3.63) is 58.0 Å². The summed E-state index contributed by atoms with van der Waals surface area (Å²) in [6.45, 7) is 2.73. The van der Waals surface area contributed by atoms with Gasteiger partial charge in [-0.05, 0) is 30.9 Å². The Balaban J connectivity index is 1.44. The third-order valence-electron chi connectivity index (χ3n) is 4.52. The van der Waals surface area contributed by atoms with Crippen LogP contribution in [0.2, 0.25) is 0 Å². The van der Waals surface area contributed by atoms with Crippen LogP contribution < -0.4 is 11.3 Å². The van der Waals surface area contributed by atoms with E-state index in [1.165, 1.54) is 16.5 Å². The number of nitrogens with two attached hydrogens (primary N) is 1. The van der Waals surface area contributed by atoms with Gasteiger partial charge in [0.15, 0.2) is 0 Å². The zero-order valence-electron chi connectivity index (χ0n) is 13.4. The first kappa shape index (κ1) is 14.9. The highest BCUT2D eigenvalue weighted by Gasteiger charge is 2.23. The van der Waals surface area contributed by atoms with Crippen LogP contribution in [0, 0.1) is 5.92 Å². The Morgan fingerprint density at radius 1 is 1.25 bits per heavy atom. The maximum Gasteiger partial charge on any atom is 0.274 e. The van der Waals surface area contributed by atoms with Crippen molar-refractivity contribution in [3.63, 3.8) is 0 Å². The van der Waals surface area contributed by atoms with E-state index in [-0.39, 0.29) is 11.5 Å². The number of H-pyrrole nitrogens is 1. The van der Waals surface area contributed by atoms with E-state index in [4.69, 9.17) is 5.73 Å². The lowest BCUT2D eigenvalue weighted by molar-refractivity contribution is 0.312. The number of hydrogen-bond donors (Lipinski definition) is 2. The molecule has 0 bridgehead atoms. The Morgan fingerprint density at radius 3 is 2.92 bits per heavy atom. The van der Waals surface area contributed by atoms with Gasteiger partial charge >= 0.3 is 0 Å². The fourth-order valence-electron chi connectivity index (χ4n) is 3.42. The van der Waals surface area contributed by atoms with Crippen molar-refractivity contribution in [2.75, 3.05) is 18.8 Å². The summed E-state index contributed by atoms with van der Waals surface area (Å²) in [5.41, 5.74) is 7.53. The van der Waals surface area contributed by atoms with Crippen molar-refractivity contribution in [1.82, 2.24) is 24.5 Å². The molecule has 1 fully saturated rings. The molecular weight excluding hydrogens is 304 g/mol. The second-order valence-electron chi connectivity index (χ2n) is 6.41. The molecule has 124 valence electrons. The van der Waals surface area contributed by atoms with Crippen LogP contribution in [0.3, 0.4) is 0 Å². The molecule has 4 rings (SSSR count). The molecule has 1 aromatic carbocycles. The van der Waals surface area contributed by atoms with E-state index in [9.17, 15) is 4.79 Å². The summed E-state index contributed by atoms with van der Waals surface area (Å²) in [5, 5.41) is 2.68. The lowest BCUT2D eigenvalue weighted by atomic mass is 9.99. The molecule has 0 saturated carbocycles. The molecule has 1 aliphatic rings. The Morgan fingerprint density at radius 2 is 2.08 bits per heavy atom. The second kappa shape index (κ2) is 6.09. The standard InChI is InChI=1S/C17H20N6O/c18-16-20-17-19-14(9-15(24)23(17)21-16)11-22-7-6-13(10-22)8-12-4-2-1-3-5-12/h1-5,9,13H,6-8,10-11H2,(H3,18,19,20,21). The van der Waals surface area contributed by atoms with Crippen LogP contribution in [0.15, 0.2) is 41.2 Å². The van der Waals surface area contributed by atoms with Gasteiger partial charge in [0, 0.05) is 19.2 Å². The molecule has 24 heavy (non-hydrogen) atoms. The highest BCUT2D eigenvalue weighted by atomic mass is 16.1. The molecular formula is C17H20N6O. The van der Waals surface area contributed by atoms with Crippen molar-refractivity contribution in [2.45, 2.75) is 19.4 Å². The van der Waals surface area contributed by atoms with Crippen LogP contribution in [0.1, 0.15) is 17.7 Å². The van der Waals surface area contributed by atoms with Crippen LogP contribution in [-0.2, 0) is 13.0 Å². The molecule has 3 heterocycles. The van der Waals surface area contributed by atoms with Crippen LogP contribution in [0.4, 0.5) is 5.95 Å². The van der Waals surface area contributed by atoms with E-state index >= 15 is 0 Å². The van der Waals surface area contributed by atoms with Crippen molar-refractivity contribution in [2.24, 2.45) is 5.92 Å². The topological polar surface area (TPSA) is 92.3 Å². The van der Waals surface area contributed by atoms with E-state index in [0.29, 0.717) is 18.2 Å². The third-order valence-corrected chi connectivity index (χ3v) is 4.52. The molecule has 1 saturated heterocycles. The van der Waals surface area contributed by atoms with Crippen molar-refractivity contribution in [1.29, 1.82) is 0 Å². The van der Waals surface area contributed by atoms with Crippen molar-refractivity contribution < 1.29 is 0 Å². The van der Waals surface area contributed by atoms with Gasteiger partial charge in [-0.25, -0.2) is 4.98 Å². The Hall–Kier alpha value is -2.67. The van der Waals surface area contributed by atoms with Gasteiger partial charge in [0.1, 0.15) is 0 Å². The average molecular weight is 324 g/mol. The summed E-state index contributed by atoms with van der Waals surface area (Å²) in [6, 6.07) is 12.1. The quantitative estimate of drug-likeness (QED) is 0.749. The van der Waals surface area contributed by atoms with Crippen LogP contribution >= 0.6 is 0 Å². The Kier molecular flexibility index (Phi) is 3.78.